The summed E-state index contributed by atoms with van der Waals surface area (Å²) in [6, 6.07) is 31.2. The third-order valence-electron chi connectivity index (χ3n) is 6.73. The lowest BCUT2D eigenvalue weighted by molar-refractivity contribution is 0.654. The molecule has 0 heterocycles. The Morgan fingerprint density at radius 1 is 0.536 bits per heavy atom. The van der Waals surface area contributed by atoms with Crippen LogP contribution in [0.1, 0.15) is 36.1 Å². The summed E-state index contributed by atoms with van der Waals surface area (Å²) in [7, 11) is 0. The summed E-state index contributed by atoms with van der Waals surface area (Å²) < 4.78 is 0. The molecule has 0 atom stereocenters. The molecule has 0 N–H and O–H groups in total. The van der Waals surface area contributed by atoms with Crippen LogP contribution < -0.4 is 0 Å². The number of hydrogen-bond acceptors (Lipinski definition) is 0. The molecule has 0 aromatic heterocycles. The molecule has 0 spiro atoms. The minimum atomic E-state index is 0.0478. The van der Waals surface area contributed by atoms with Crippen molar-refractivity contribution in [3.63, 3.8) is 0 Å². The first-order valence-electron chi connectivity index (χ1n) is 10.1. The van der Waals surface area contributed by atoms with E-state index in [2.05, 4.69) is 98.8 Å². The van der Waals surface area contributed by atoms with Crippen molar-refractivity contribution < 1.29 is 0 Å². The summed E-state index contributed by atoms with van der Waals surface area (Å²) in [5.41, 5.74) is 14.4. The standard InChI is InChI=1S/C28H22/c1-28(2)26-14-7-6-11-22(26)23-16-15-21-20-13-8-12-19(18-9-4-3-5-10-18)24(20)17-25(21)27(23)28/h3-16H,17H2,1-2H3. The van der Waals surface area contributed by atoms with Gasteiger partial charge in [-0.2, -0.15) is 0 Å². The predicted molar refractivity (Wildman–Crippen MR) is 118 cm³/mol. The van der Waals surface area contributed by atoms with Crippen LogP contribution in [-0.2, 0) is 11.8 Å². The Balaban J connectivity index is 1.60. The Kier molecular flexibility index (Phi) is 3.09. The highest BCUT2D eigenvalue weighted by atomic mass is 14.4. The molecule has 6 rings (SSSR count). The van der Waals surface area contributed by atoms with E-state index in [1.165, 1.54) is 55.6 Å². The first kappa shape index (κ1) is 15.9. The van der Waals surface area contributed by atoms with E-state index in [0.29, 0.717) is 0 Å². The highest BCUT2D eigenvalue weighted by Gasteiger charge is 2.39. The molecule has 0 aliphatic heterocycles. The van der Waals surface area contributed by atoms with E-state index in [9.17, 15) is 0 Å². The van der Waals surface area contributed by atoms with Crippen molar-refractivity contribution in [2.45, 2.75) is 25.7 Å². The average molecular weight is 358 g/mol. The molecule has 4 aromatic carbocycles. The lowest BCUT2D eigenvalue weighted by Gasteiger charge is -2.24. The number of fused-ring (bicyclic) bond motifs is 7. The highest BCUT2D eigenvalue weighted by molar-refractivity contribution is 5.91. The fourth-order valence-corrected chi connectivity index (χ4v) is 5.51. The molecule has 0 saturated heterocycles. The van der Waals surface area contributed by atoms with Crippen molar-refractivity contribution >= 4 is 0 Å². The number of rotatable bonds is 1. The summed E-state index contributed by atoms with van der Waals surface area (Å²) >= 11 is 0. The molecule has 0 unspecified atom stereocenters. The van der Waals surface area contributed by atoms with Gasteiger partial charge >= 0.3 is 0 Å². The lowest BCUT2D eigenvalue weighted by Crippen LogP contribution is -2.17. The third-order valence-corrected chi connectivity index (χ3v) is 6.73. The van der Waals surface area contributed by atoms with Crippen molar-refractivity contribution in [3.05, 3.63) is 107 Å². The molecule has 28 heavy (non-hydrogen) atoms. The molecular formula is C28H22. The normalized spacial score (nSPS) is 14.9. The van der Waals surface area contributed by atoms with Crippen LogP contribution >= 0.6 is 0 Å². The van der Waals surface area contributed by atoms with E-state index in [1.807, 2.05) is 0 Å². The van der Waals surface area contributed by atoms with E-state index >= 15 is 0 Å². The monoisotopic (exact) mass is 358 g/mol. The van der Waals surface area contributed by atoms with E-state index < -0.39 is 0 Å². The first-order chi connectivity index (χ1) is 13.7. The highest BCUT2D eigenvalue weighted by Crippen LogP contribution is 2.54. The minimum absolute atomic E-state index is 0.0478. The van der Waals surface area contributed by atoms with Gasteiger partial charge < -0.3 is 0 Å². The van der Waals surface area contributed by atoms with Gasteiger partial charge in [-0.3, -0.25) is 0 Å². The van der Waals surface area contributed by atoms with Gasteiger partial charge in [-0.15, -0.1) is 0 Å². The van der Waals surface area contributed by atoms with Crippen LogP contribution in [0.2, 0.25) is 0 Å². The molecule has 0 radical (unpaired) electrons. The van der Waals surface area contributed by atoms with Crippen molar-refractivity contribution in [2.75, 3.05) is 0 Å². The molecule has 2 aliphatic rings. The average Bonchev–Trinajstić information content (AvgIpc) is 3.22. The van der Waals surface area contributed by atoms with Gasteiger partial charge in [-0.1, -0.05) is 98.8 Å². The van der Waals surface area contributed by atoms with Gasteiger partial charge in [0.2, 0.25) is 0 Å². The van der Waals surface area contributed by atoms with Crippen LogP contribution in [0.15, 0.2) is 84.9 Å². The van der Waals surface area contributed by atoms with E-state index in [-0.39, 0.29) is 5.41 Å². The molecule has 4 aromatic rings. The van der Waals surface area contributed by atoms with Gasteiger partial charge in [0.15, 0.2) is 0 Å². The zero-order valence-electron chi connectivity index (χ0n) is 16.3. The minimum Gasteiger partial charge on any atom is -0.0622 e. The molecule has 0 bridgehead atoms. The number of benzene rings is 4. The Labute approximate surface area is 166 Å². The fraction of sp³-hybridized carbons (Fsp3) is 0.143. The van der Waals surface area contributed by atoms with Crippen molar-refractivity contribution in [2.24, 2.45) is 0 Å². The maximum atomic E-state index is 2.39. The van der Waals surface area contributed by atoms with Gasteiger partial charge in [-0.25, -0.2) is 0 Å². The van der Waals surface area contributed by atoms with Gasteiger partial charge in [0.25, 0.3) is 0 Å². The van der Waals surface area contributed by atoms with Crippen molar-refractivity contribution in [1.82, 2.24) is 0 Å². The zero-order valence-corrected chi connectivity index (χ0v) is 16.3. The summed E-state index contributed by atoms with van der Waals surface area (Å²) in [4.78, 5) is 0. The zero-order chi connectivity index (χ0) is 18.9. The third kappa shape index (κ3) is 1.95. The van der Waals surface area contributed by atoms with Crippen molar-refractivity contribution in [3.8, 4) is 33.4 Å². The molecule has 0 saturated carbocycles. The van der Waals surface area contributed by atoms with Crippen LogP contribution in [0.3, 0.4) is 0 Å². The van der Waals surface area contributed by atoms with Gasteiger partial charge in [0, 0.05) is 5.41 Å². The Bertz CT molecular complexity index is 1240. The Hall–Kier alpha value is -3.12. The van der Waals surface area contributed by atoms with E-state index in [0.717, 1.165) is 6.42 Å². The second-order valence-corrected chi connectivity index (χ2v) is 8.56. The van der Waals surface area contributed by atoms with Gasteiger partial charge in [0.05, 0.1) is 0 Å². The van der Waals surface area contributed by atoms with Gasteiger partial charge in [0.1, 0.15) is 0 Å². The van der Waals surface area contributed by atoms with E-state index in [4.69, 9.17) is 0 Å². The van der Waals surface area contributed by atoms with Crippen LogP contribution in [0.5, 0.6) is 0 Å². The molecule has 2 aliphatic carbocycles. The van der Waals surface area contributed by atoms with Crippen LogP contribution in [0.4, 0.5) is 0 Å². The maximum absolute atomic E-state index is 2.39. The topological polar surface area (TPSA) is 0 Å². The molecule has 0 heteroatoms. The maximum Gasteiger partial charge on any atom is 0.0161 e. The molecule has 0 amide bonds. The van der Waals surface area contributed by atoms with Crippen LogP contribution in [-0.4, -0.2) is 0 Å². The van der Waals surface area contributed by atoms with E-state index in [1.54, 1.807) is 0 Å². The Morgan fingerprint density at radius 2 is 1.18 bits per heavy atom. The predicted octanol–water partition coefficient (Wildman–Crippen LogP) is 7.23. The second kappa shape index (κ2) is 5.45. The Morgan fingerprint density at radius 3 is 2.04 bits per heavy atom. The quantitative estimate of drug-likeness (QED) is 0.296. The summed E-state index contributed by atoms with van der Waals surface area (Å²) in [6.07, 6.45) is 1.02. The summed E-state index contributed by atoms with van der Waals surface area (Å²) in [5.74, 6) is 0. The largest absolute Gasteiger partial charge is 0.0622 e. The van der Waals surface area contributed by atoms with Crippen LogP contribution in [0.25, 0.3) is 33.4 Å². The summed E-state index contributed by atoms with van der Waals surface area (Å²) in [5, 5.41) is 0. The van der Waals surface area contributed by atoms with Gasteiger partial charge in [-0.05, 0) is 62.1 Å². The first-order valence-corrected chi connectivity index (χ1v) is 10.1. The second-order valence-electron chi connectivity index (χ2n) is 8.56. The summed E-state index contributed by atoms with van der Waals surface area (Å²) in [6.45, 7) is 4.78. The number of hydrogen-bond donors (Lipinski definition) is 0. The lowest BCUT2D eigenvalue weighted by atomic mass is 9.79. The fourth-order valence-electron chi connectivity index (χ4n) is 5.51. The molecular weight excluding hydrogens is 336 g/mol. The van der Waals surface area contributed by atoms with Crippen molar-refractivity contribution in [1.29, 1.82) is 0 Å². The molecule has 134 valence electrons. The molecule has 0 fully saturated rings. The van der Waals surface area contributed by atoms with Crippen LogP contribution in [0, 0.1) is 0 Å². The SMILES string of the molecule is CC1(C)c2ccccc2-c2ccc3c(c21)Cc1c(-c2ccccc2)cccc1-3. The smallest absolute Gasteiger partial charge is 0.0161 e. The molecule has 0 nitrogen and oxygen atoms in total.